The molecule has 0 spiro atoms. The third kappa shape index (κ3) is 6.93. The lowest BCUT2D eigenvalue weighted by atomic mass is 10.0. The number of halogens is 2. The fourth-order valence-corrected chi connectivity index (χ4v) is 6.72. The summed E-state index contributed by atoms with van der Waals surface area (Å²) in [6, 6.07) is 10.9. The van der Waals surface area contributed by atoms with Crippen LogP contribution in [-0.2, 0) is 32.6 Å². The van der Waals surface area contributed by atoms with E-state index in [1.165, 1.54) is 0 Å². The number of carbonyl (C=O) groups excluding carboxylic acids is 2. The van der Waals surface area contributed by atoms with E-state index in [1.54, 1.807) is 42.5 Å². The zero-order valence-electron chi connectivity index (χ0n) is 22.8. The lowest BCUT2D eigenvalue weighted by molar-refractivity contribution is -0.120. The van der Waals surface area contributed by atoms with Crippen LogP contribution in [0.2, 0.25) is 10.0 Å². The maximum absolute atomic E-state index is 13.2. The third-order valence-corrected chi connectivity index (χ3v) is 9.42. The van der Waals surface area contributed by atoms with Crippen LogP contribution < -0.4 is 16.0 Å². The number of benzene rings is 2. The van der Waals surface area contributed by atoms with Gasteiger partial charge >= 0.3 is 0 Å². The summed E-state index contributed by atoms with van der Waals surface area (Å²) in [5.41, 5.74) is 5.55. The third-order valence-electron chi connectivity index (χ3n) is 7.39. The van der Waals surface area contributed by atoms with Crippen LogP contribution in [0, 0.1) is 13.8 Å². The minimum absolute atomic E-state index is 0.145. The van der Waals surface area contributed by atoms with Gasteiger partial charge in [-0.05, 0) is 74.2 Å². The average Bonchev–Trinajstić information content (AvgIpc) is 3.67. The molecule has 2 aliphatic rings. The zero-order chi connectivity index (χ0) is 29.3. The molecule has 2 unspecified atom stereocenters. The number of aromatic nitrogens is 1. The number of aromatic amines is 1. The normalized spacial score (nSPS) is 16.9. The lowest BCUT2D eigenvalue weighted by Gasteiger charge is -2.12. The number of aliphatic hydroxyl groups is 1. The number of carbonyl (C=O) groups is 2. The molecule has 11 heteroatoms. The molecule has 1 fully saturated rings. The molecular weight excluding hydrogens is 583 g/mol. The van der Waals surface area contributed by atoms with Crippen LogP contribution in [0.3, 0.4) is 0 Å². The predicted molar refractivity (Wildman–Crippen MR) is 164 cm³/mol. The highest BCUT2D eigenvalue weighted by Crippen LogP contribution is 2.36. The number of hydrogen-bond donors (Lipinski definition) is 5. The number of amides is 2. The Labute approximate surface area is 251 Å². The van der Waals surface area contributed by atoms with E-state index in [0.29, 0.717) is 55.6 Å². The van der Waals surface area contributed by atoms with Crippen molar-refractivity contribution in [1.29, 1.82) is 0 Å². The molecule has 2 aromatic carbocycles. The number of nitrogens with one attached hydrogen (secondary N) is 4. The molecule has 0 saturated heterocycles. The summed E-state index contributed by atoms with van der Waals surface area (Å²) in [5.74, 6) is -0.307. The van der Waals surface area contributed by atoms with Crippen molar-refractivity contribution in [2.75, 3.05) is 18.4 Å². The van der Waals surface area contributed by atoms with Crippen LogP contribution in [0.4, 0.5) is 5.69 Å². The van der Waals surface area contributed by atoms with E-state index in [4.69, 9.17) is 23.2 Å². The molecule has 1 aliphatic heterocycles. The Balaban J connectivity index is 1.31. The molecule has 1 aliphatic carbocycles. The fraction of sp³-hybridized carbons (Fsp3) is 0.333. The molecule has 1 aromatic heterocycles. The molecule has 1 saturated carbocycles. The van der Waals surface area contributed by atoms with Gasteiger partial charge in [0.15, 0.2) is 0 Å². The quantitative estimate of drug-likeness (QED) is 0.203. The molecule has 41 heavy (non-hydrogen) atoms. The van der Waals surface area contributed by atoms with Crippen molar-refractivity contribution >= 4 is 63.2 Å². The van der Waals surface area contributed by atoms with Gasteiger partial charge in [-0.1, -0.05) is 29.3 Å². The number of hydrogen-bond acceptors (Lipinski definition) is 5. The highest BCUT2D eigenvalue weighted by molar-refractivity contribution is 7.84. The van der Waals surface area contributed by atoms with Crippen molar-refractivity contribution in [3.8, 4) is 0 Å². The molecule has 2 heterocycles. The van der Waals surface area contributed by atoms with Crippen LogP contribution in [0.15, 0.2) is 41.3 Å². The van der Waals surface area contributed by atoms with E-state index < -0.39 is 16.9 Å². The maximum atomic E-state index is 13.2. The minimum Gasteiger partial charge on any atom is -0.390 e. The van der Waals surface area contributed by atoms with Crippen molar-refractivity contribution in [2.45, 2.75) is 55.9 Å². The largest absolute Gasteiger partial charge is 0.390 e. The molecular formula is C30H32Cl2N4O4S. The van der Waals surface area contributed by atoms with E-state index in [9.17, 15) is 18.9 Å². The van der Waals surface area contributed by atoms with Crippen molar-refractivity contribution in [3.63, 3.8) is 0 Å². The lowest BCUT2D eigenvalue weighted by Crippen LogP contribution is -2.39. The molecule has 2 amide bonds. The SMILES string of the molecule is Cc1[nH]c(C=C2C(=O)Nc3ccc(S(=O)Cc4c(Cl)cccc4Cl)cc32)c(C)c1CC(=O)NCC(O)CNC1CC1. The topological polar surface area (TPSA) is 123 Å². The Hall–Kier alpha value is -2.95. The minimum atomic E-state index is -1.45. The average molecular weight is 616 g/mol. The van der Waals surface area contributed by atoms with E-state index >= 15 is 0 Å². The molecule has 0 radical (unpaired) electrons. The Morgan fingerprint density at radius 3 is 2.59 bits per heavy atom. The number of aryl methyl sites for hydroxylation is 1. The van der Waals surface area contributed by atoms with Crippen molar-refractivity contribution in [1.82, 2.24) is 15.6 Å². The molecule has 3 aromatic rings. The Bertz CT molecular complexity index is 1540. The van der Waals surface area contributed by atoms with Gasteiger partial charge in [0.05, 0.1) is 34.7 Å². The maximum Gasteiger partial charge on any atom is 0.256 e. The van der Waals surface area contributed by atoms with E-state index in [-0.39, 0.29) is 30.5 Å². The van der Waals surface area contributed by atoms with Gasteiger partial charge in [0.1, 0.15) is 0 Å². The number of anilines is 1. The fourth-order valence-electron chi connectivity index (χ4n) is 4.82. The summed E-state index contributed by atoms with van der Waals surface area (Å²) < 4.78 is 13.2. The summed E-state index contributed by atoms with van der Waals surface area (Å²) in [6.45, 7) is 4.42. The van der Waals surface area contributed by atoms with E-state index in [2.05, 4.69) is 20.9 Å². The highest BCUT2D eigenvalue weighted by Gasteiger charge is 2.27. The molecule has 2 atom stereocenters. The summed E-state index contributed by atoms with van der Waals surface area (Å²) in [7, 11) is -1.45. The second-order valence-corrected chi connectivity index (χ2v) is 12.8. The van der Waals surface area contributed by atoms with Crippen LogP contribution >= 0.6 is 23.2 Å². The molecule has 5 N–H and O–H groups in total. The smallest absolute Gasteiger partial charge is 0.256 e. The number of fused-ring (bicyclic) bond motifs is 1. The monoisotopic (exact) mass is 614 g/mol. The van der Waals surface area contributed by atoms with Gasteiger partial charge in [-0.2, -0.15) is 0 Å². The van der Waals surface area contributed by atoms with Crippen LogP contribution in [0.5, 0.6) is 0 Å². The standard InChI is InChI=1S/C30H32Cl2N4O4S/c1-16-21(12-29(38)34-14-19(37)13-33-18-6-7-18)17(2)35-28(16)11-23-22-10-20(8-9-27(22)36-30(23)39)41(40)15-24-25(31)4-3-5-26(24)32/h3-5,8-11,18-19,33,35,37H,6-7,12-15H2,1-2H3,(H,34,38)(H,36,39). The van der Waals surface area contributed by atoms with Crippen LogP contribution in [-0.4, -0.2) is 51.3 Å². The van der Waals surface area contributed by atoms with Crippen LogP contribution in [0.1, 0.15) is 46.5 Å². The molecule has 5 rings (SSSR count). The second-order valence-electron chi connectivity index (χ2n) is 10.5. The van der Waals surface area contributed by atoms with Gasteiger partial charge in [-0.15, -0.1) is 0 Å². The van der Waals surface area contributed by atoms with Gasteiger partial charge in [0.2, 0.25) is 5.91 Å². The van der Waals surface area contributed by atoms with Crippen molar-refractivity contribution < 1.29 is 18.9 Å². The molecule has 0 bridgehead atoms. The van der Waals surface area contributed by atoms with Gasteiger partial charge in [0, 0.05) is 62.3 Å². The Morgan fingerprint density at radius 2 is 1.88 bits per heavy atom. The second kappa shape index (κ2) is 12.5. The zero-order valence-corrected chi connectivity index (χ0v) is 25.1. The number of rotatable bonds is 11. The van der Waals surface area contributed by atoms with Gasteiger partial charge < -0.3 is 26.0 Å². The number of H-pyrrole nitrogens is 1. The summed E-state index contributed by atoms with van der Waals surface area (Å²) >= 11 is 12.6. The summed E-state index contributed by atoms with van der Waals surface area (Å²) in [4.78, 5) is 29.4. The van der Waals surface area contributed by atoms with Gasteiger partial charge in [-0.3, -0.25) is 13.8 Å². The number of aliphatic hydroxyl groups excluding tert-OH is 1. The molecule has 216 valence electrons. The first-order valence-electron chi connectivity index (χ1n) is 13.5. The predicted octanol–water partition coefficient (Wildman–Crippen LogP) is 4.51. The highest BCUT2D eigenvalue weighted by atomic mass is 35.5. The molecule has 8 nitrogen and oxygen atoms in total. The van der Waals surface area contributed by atoms with E-state index in [1.807, 2.05) is 13.8 Å². The van der Waals surface area contributed by atoms with Crippen LogP contribution in [0.25, 0.3) is 11.6 Å². The Kier molecular flexibility index (Phi) is 9.01. The summed E-state index contributed by atoms with van der Waals surface area (Å²) in [6.07, 6.45) is 3.54. The van der Waals surface area contributed by atoms with E-state index in [0.717, 1.165) is 29.7 Å². The van der Waals surface area contributed by atoms with Crippen molar-refractivity contribution in [2.24, 2.45) is 0 Å². The first-order valence-corrected chi connectivity index (χ1v) is 15.5. The first-order chi connectivity index (χ1) is 19.6. The summed E-state index contributed by atoms with van der Waals surface area (Å²) in [5, 5.41) is 19.9. The van der Waals surface area contributed by atoms with Crippen molar-refractivity contribution in [3.05, 3.63) is 80.1 Å². The first kappa shape index (κ1) is 29.5. The van der Waals surface area contributed by atoms with Gasteiger partial charge in [-0.25, -0.2) is 0 Å². The van der Waals surface area contributed by atoms with Gasteiger partial charge in [0.25, 0.3) is 5.91 Å². The Morgan fingerprint density at radius 1 is 1.15 bits per heavy atom.